The summed E-state index contributed by atoms with van der Waals surface area (Å²) in [4.78, 5) is 18.6. The van der Waals surface area contributed by atoms with Crippen LogP contribution in [0.15, 0.2) is 48.5 Å². The molecule has 5 rings (SSSR count). The minimum absolute atomic E-state index is 0.0179. The van der Waals surface area contributed by atoms with Crippen molar-refractivity contribution in [2.24, 2.45) is 5.92 Å². The summed E-state index contributed by atoms with van der Waals surface area (Å²) in [6.45, 7) is 1.21. The molecule has 1 amide bonds. The maximum atomic E-state index is 13.6. The number of carbonyl (C=O) groups excluding carboxylic acids is 1. The summed E-state index contributed by atoms with van der Waals surface area (Å²) >= 11 is 0. The van der Waals surface area contributed by atoms with E-state index < -0.39 is 18.0 Å². The number of alkyl halides is 3. The third-order valence-electron chi connectivity index (χ3n) is 6.75. The first kappa shape index (κ1) is 22.8. The van der Waals surface area contributed by atoms with Crippen molar-refractivity contribution < 1.29 is 22.4 Å². The fraction of sp³-hybridized carbons (Fsp3) is 0.417. The average molecular weight is 475 g/mol. The van der Waals surface area contributed by atoms with Crippen molar-refractivity contribution in [3.63, 3.8) is 0 Å². The number of carbonyl (C=O) groups is 1. The molecule has 2 aliphatic rings. The van der Waals surface area contributed by atoms with Crippen molar-refractivity contribution in [2.45, 2.75) is 44.1 Å². The predicted octanol–water partition coefficient (Wildman–Crippen LogP) is 4.04. The zero-order chi connectivity index (χ0) is 23.9. The molecule has 2 fully saturated rings. The Balaban J connectivity index is 1.20. The molecule has 0 saturated carbocycles. The van der Waals surface area contributed by atoms with E-state index in [2.05, 4.69) is 15.8 Å². The standard InChI is InChI=1S/C24H25F4N5O/c25-17-7-5-16(6-8-17)19-13-20(31-30-19)22(34)32-11-9-15(10-12-32)14-33-21-4-2-1-3-18(21)29-23(33)24(26,27)28/h1-8,15,19-20,30-31H,9-14H2. The summed E-state index contributed by atoms with van der Waals surface area (Å²) in [5, 5.41) is 0. The van der Waals surface area contributed by atoms with Gasteiger partial charge in [0.25, 0.3) is 0 Å². The molecule has 2 atom stereocenters. The van der Waals surface area contributed by atoms with Crippen LogP contribution in [0.5, 0.6) is 0 Å². The molecule has 3 aromatic rings. The summed E-state index contributed by atoms with van der Waals surface area (Å²) in [6.07, 6.45) is -2.74. The van der Waals surface area contributed by atoms with Crippen molar-refractivity contribution in [2.75, 3.05) is 13.1 Å². The van der Waals surface area contributed by atoms with Crippen molar-refractivity contribution in [3.05, 3.63) is 65.7 Å². The van der Waals surface area contributed by atoms with Crippen LogP contribution in [0.25, 0.3) is 11.0 Å². The van der Waals surface area contributed by atoms with Gasteiger partial charge in [0.05, 0.1) is 11.0 Å². The molecule has 2 N–H and O–H groups in total. The van der Waals surface area contributed by atoms with Gasteiger partial charge in [0.15, 0.2) is 0 Å². The van der Waals surface area contributed by atoms with Crippen LogP contribution in [0.3, 0.4) is 0 Å². The second-order valence-corrected chi connectivity index (χ2v) is 8.98. The van der Waals surface area contributed by atoms with Gasteiger partial charge in [0, 0.05) is 25.7 Å². The molecule has 0 spiro atoms. The Labute approximate surface area is 193 Å². The van der Waals surface area contributed by atoms with Gasteiger partial charge in [-0.15, -0.1) is 0 Å². The van der Waals surface area contributed by atoms with Crippen LogP contribution in [0.4, 0.5) is 17.6 Å². The lowest BCUT2D eigenvalue weighted by molar-refractivity contribution is -0.147. The van der Waals surface area contributed by atoms with Crippen LogP contribution >= 0.6 is 0 Å². The molecule has 10 heteroatoms. The Kier molecular flexibility index (Phi) is 6.03. The van der Waals surface area contributed by atoms with Gasteiger partial charge >= 0.3 is 6.18 Å². The maximum Gasteiger partial charge on any atom is 0.449 e. The van der Waals surface area contributed by atoms with Crippen LogP contribution in [0.1, 0.15) is 36.7 Å². The van der Waals surface area contributed by atoms with Crippen LogP contribution in [0.2, 0.25) is 0 Å². The molecule has 0 aliphatic carbocycles. The van der Waals surface area contributed by atoms with Gasteiger partial charge in [-0.2, -0.15) is 13.2 Å². The van der Waals surface area contributed by atoms with Crippen molar-refractivity contribution in [1.82, 2.24) is 25.3 Å². The quantitative estimate of drug-likeness (QED) is 0.560. The molecule has 0 radical (unpaired) electrons. The van der Waals surface area contributed by atoms with Gasteiger partial charge in [-0.3, -0.25) is 4.79 Å². The van der Waals surface area contributed by atoms with E-state index in [-0.39, 0.29) is 30.2 Å². The summed E-state index contributed by atoms with van der Waals surface area (Å²) < 4.78 is 55.2. The number of imidazole rings is 1. The Morgan fingerprint density at radius 2 is 1.74 bits per heavy atom. The molecule has 0 bridgehead atoms. The second kappa shape index (κ2) is 8.99. The highest BCUT2D eigenvalue weighted by atomic mass is 19.4. The summed E-state index contributed by atoms with van der Waals surface area (Å²) in [5.74, 6) is -1.19. The number of rotatable bonds is 4. The van der Waals surface area contributed by atoms with E-state index in [1.807, 2.05) is 0 Å². The molecule has 34 heavy (non-hydrogen) atoms. The number of fused-ring (bicyclic) bond motifs is 1. The molecule has 2 aromatic carbocycles. The van der Waals surface area contributed by atoms with Crippen molar-refractivity contribution in [3.8, 4) is 0 Å². The van der Waals surface area contributed by atoms with Gasteiger partial charge in [-0.1, -0.05) is 24.3 Å². The van der Waals surface area contributed by atoms with E-state index in [0.717, 1.165) is 5.56 Å². The number of benzene rings is 2. The Morgan fingerprint density at radius 1 is 1.03 bits per heavy atom. The Hall–Kier alpha value is -2.98. The number of hydrogen-bond donors (Lipinski definition) is 2. The lowest BCUT2D eigenvalue weighted by atomic mass is 9.95. The summed E-state index contributed by atoms with van der Waals surface area (Å²) in [5.41, 5.74) is 7.84. The second-order valence-electron chi connectivity index (χ2n) is 8.98. The minimum atomic E-state index is -4.53. The molecule has 6 nitrogen and oxygen atoms in total. The highest BCUT2D eigenvalue weighted by molar-refractivity contribution is 5.82. The van der Waals surface area contributed by atoms with Gasteiger partial charge in [-0.25, -0.2) is 20.2 Å². The van der Waals surface area contributed by atoms with Crippen molar-refractivity contribution >= 4 is 16.9 Å². The number of likely N-dealkylation sites (tertiary alicyclic amines) is 1. The van der Waals surface area contributed by atoms with E-state index >= 15 is 0 Å². The van der Waals surface area contributed by atoms with Gasteiger partial charge in [0.2, 0.25) is 11.7 Å². The first-order valence-corrected chi connectivity index (χ1v) is 11.4. The number of nitrogens with one attached hydrogen (secondary N) is 2. The fourth-order valence-electron chi connectivity index (χ4n) is 4.92. The monoisotopic (exact) mass is 475 g/mol. The van der Waals surface area contributed by atoms with Gasteiger partial charge < -0.3 is 9.47 Å². The largest absolute Gasteiger partial charge is 0.449 e. The molecule has 2 saturated heterocycles. The van der Waals surface area contributed by atoms with E-state index in [9.17, 15) is 22.4 Å². The van der Waals surface area contributed by atoms with Crippen molar-refractivity contribution in [1.29, 1.82) is 0 Å². The molecular formula is C24H25F4N5O. The SMILES string of the molecule is O=C(C1CC(c2ccc(F)cc2)NN1)N1CCC(Cn2c(C(F)(F)F)nc3ccccc32)CC1. The lowest BCUT2D eigenvalue weighted by Gasteiger charge is -2.34. The Bertz CT molecular complexity index is 1170. The summed E-state index contributed by atoms with van der Waals surface area (Å²) in [7, 11) is 0. The van der Waals surface area contributed by atoms with E-state index in [1.165, 1.54) is 16.7 Å². The van der Waals surface area contributed by atoms with E-state index in [1.54, 1.807) is 41.3 Å². The zero-order valence-electron chi connectivity index (χ0n) is 18.4. The number of para-hydroxylation sites is 2. The number of amides is 1. The number of halogens is 4. The summed E-state index contributed by atoms with van der Waals surface area (Å²) in [6, 6.07) is 12.3. The topological polar surface area (TPSA) is 62.2 Å². The molecular weight excluding hydrogens is 450 g/mol. The normalized spacial score (nSPS) is 21.9. The molecule has 1 aromatic heterocycles. The van der Waals surface area contributed by atoms with E-state index in [4.69, 9.17) is 0 Å². The highest BCUT2D eigenvalue weighted by Gasteiger charge is 2.39. The van der Waals surface area contributed by atoms with Crippen LogP contribution in [-0.2, 0) is 17.5 Å². The van der Waals surface area contributed by atoms with Gasteiger partial charge in [-0.05, 0) is 55.0 Å². The fourth-order valence-corrected chi connectivity index (χ4v) is 4.92. The number of hydrazine groups is 1. The Morgan fingerprint density at radius 3 is 2.44 bits per heavy atom. The third-order valence-corrected chi connectivity index (χ3v) is 6.75. The van der Waals surface area contributed by atoms with Gasteiger partial charge in [0.1, 0.15) is 11.9 Å². The number of hydrogen-bond acceptors (Lipinski definition) is 4. The number of aromatic nitrogens is 2. The first-order valence-electron chi connectivity index (χ1n) is 11.4. The minimum Gasteiger partial charge on any atom is -0.341 e. The molecule has 2 aliphatic heterocycles. The number of piperidine rings is 1. The molecule has 3 heterocycles. The van der Waals surface area contributed by atoms with Crippen LogP contribution in [0, 0.1) is 11.7 Å². The first-order chi connectivity index (χ1) is 16.3. The van der Waals surface area contributed by atoms with Crippen LogP contribution < -0.4 is 10.9 Å². The third kappa shape index (κ3) is 4.52. The lowest BCUT2D eigenvalue weighted by Crippen LogP contribution is -2.48. The smallest absolute Gasteiger partial charge is 0.341 e. The highest BCUT2D eigenvalue weighted by Crippen LogP contribution is 2.33. The van der Waals surface area contributed by atoms with Crippen LogP contribution in [-0.4, -0.2) is 39.5 Å². The predicted molar refractivity (Wildman–Crippen MR) is 118 cm³/mol. The maximum absolute atomic E-state index is 13.6. The molecule has 180 valence electrons. The average Bonchev–Trinajstić information content (AvgIpc) is 3.45. The zero-order valence-corrected chi connectivity index (χ0v) is 18.4. The van der Waals surface area contributed by atoms with E-state index in [0.29, 0.717) is 43.4 Å². The number of nitrogens with zero attached hydrogens (tertiary/aromatic N) is 3. The molecule has 2 unspecified atom stereocenters.